The van der Waals surface area contributed by atoms with Crippen molar-refractivity contribution in [3.05, 3.63) is 29.3 Å². The number of halogens is 3. The highest BCUT2D eigenvalue weighted by atomic mass is 32.2. The second-order valence-electron chi connectivity index (χ2n) is 5.31. The van der Waals surface area contributed by atoms with E-state index in [1.54, 1.807) is 24.9 Å². The fourth-order valence-electron chi connectivity index (χ4n) is 2.64. The molecule has 5 heteroatoms. The van der Waals surface area contributed by atoms with E-state index in [-0.39, 0.29) is 6.54 Å². The zero-order valence-corrected chi connectivity index (χ0v) is 12.4. The van der Waals surface area contributed by atoms with Gasteiger partial charge in [-0.3, -0.25) is 0 Å². The van der Waals surface area contributed by atoms with Crippen LogP contribution in [0.25, 0.3) is 0 Å². The molecule has 2 rings (SSSR count). The number of alkyl halides is 3. The first-order chi connectivity index (χ1) is 9.50. The third-order valence-electron chi connectivity index (χ3n) is 3.71. The number of benzene rings is 1. The summed E-state index contributed by atoms with van der Waals surface area (Å²) in [5, 5.41) is 2.79. The van der Waals surface area contributed by atoms with Crippen molar-refractivity contribution in [1.82, 2.24) is 5.32 Å². The van der Waals surface area contributed by atoms with Gasteiger partial charge in [-0.2, -0.15) is 13.2 Å². The zero-order valence-electron chi connectivity index (χ0n) is 11.6. The van der Waals surface area contributed by atoms with Crippen LogP contribution in [0.3, 0.4) is 0 Å². The normalized spacial score (nSPS) is 16.8. The second kappa shape index (κ2) is 6.85. The van der Waals surface area contributed by atoms with Crippen molar-refractivity contribution in [2.75, 3.05) is 12.8 Å². The summed E-state index contributed by atoms with van der Waals surface area (Å²) in [6.45, 7) is 0.239. The Morgan fingerprint density at radius 3 is 2.55 bits per heavy atom. The Morgan fingerprint density at radius 1 is 1.25 bits per heavy atom. The molecule has 1 saturated carbocycles. The van der Waals surface area contributed by atoms with Crippen LogP contribution in [-0.4, -0.2) is 12.8 Å². The number of hydrogen-bond donors (Lipinski definition) is 1. The molecule has 1 N–H and O–H groups in total. The molecule has 0 saturated heterocycles. The van der Waals surface area contributed by atoms with Gasteiger partial charge in [0.15, 0.2) is 0 Å². The molecule has 1 fully saturated rings. The van der Waals surface area contributed by atoms with E-state index >= 15 is 0 Å². The van der Waals surface area contributed by atoms with Crippen LogP contribution >= 0.6 is 11.8 Å². The first kappa shape index (κ1) is 15.7. The molecule has 0 atom stereocenters. The van der Waals surface area contributed by atoms with Gasteiger partial charge < -0.3 is 5.32 Å². The molecule has 1 nitrogen and oxygen atoms in total. The molecule has 0 radical (unpaired) electrons. The van der Waals surface area contributed by atoms with Crippen molar-refractivity contribution in [1.29, 1.82) is 0 Å². The predicted octanol–water partition coefficient (Wildman–Crippen LogP) is 4.71. The van der Waals surface area contributed by atoms with Crippen molar-refractivity contribution >= 4 is 11.8 Å². The largest absolute Gasteiger partial charge is 0.416 e. The molecule has 20 heavy (non-hydrogen) atoms. The van der Waals surface area contributed by atoms with E-state index in [0.29, 0.717) is 11.5 Å². The van der Waals surface area contributed by atoms with Crippen LogP contribution in [0.5, 0.6) is 0 Å². The molecule has 1 aliphatic rings. The lowest BCUT2D eigenvalue weighted by Crippen LogP contribution is -2.14. The van der Waals surface area contributed by atoms with Gasteiger partial charge in [0, 0.05) is 17.2 Å². The smallest absolute Gasteiger partial charge is 0.316 e. The molecule has 1 aliphatic carbocycles. The van der Waals surface area contributed by atoms with Gasteiger partial charge in [-0.25, -0.2) is 0 Å². The summed E-state index contributed by atoms with van der Waals surface area (Å²) in [6.07, 6.45) is 0.685. The molecular weight excluding hydrogens is 283 g/mol. The fraction of sp³-hybridized carbons (Fsp3) is 0.600. The van der Waals surface area contributed by atoms with Crippen molar-refractivity contribution < 1.29 is 13.2 Å². The highest BCUT2D eigenvalue weighted by Crippen LogP contribution is 2.36. The number of rotatable bonds is 5. The first-order valence-corrected chi connectivity index (χ1v) is 7.97. The Morgan fingerprint density at radius 2 is 1.95 bits per heavy atom. The second-order valence-corrected chi connectivity index (χ2v) is 6.40. The molecule has 0 aliphatic heterocycles. The summed E-state index contributed by atoms with van der Waals surface area (Å²) < 4.78 is 39.2. The number of hydrogen-bond acceptors (Lipinski definition) is 2. The molecule has 0 heterocycles. The summed E-state index contributed by atoms with van der Waals surface area (Å²) in [4.78, 5) is 0.726. The lowest BCUT2D eigenvalue weighted by Gasteiger charge is -2.15. The van der Waals surface area contributed by atoms with Crippen LogP contribution in [0.2, 0.25) is 0 Å². The minimum atomic E-state index is -4.28. The van der Waals surface area contributed by atoms with E-state index in [1.807, 2.05) is 6.07 Å². The minimum Gasteiger partial charge on any atom is -0.316 e. The van der Waals surface area contributed by atoms with Crippen molar-refractivity contribution in [2.45, 2.75) is 43.3 Å². The average Bonchev–Trinajstić information content (AvgIpc) is 2.90. The molecule has 1 aromatic rings. The molecule has 112 valence electrons. The van der Waals surface area contributed by atoms with Crippen molar-refractivity contribution in [2.24, 2.45) is 5.92 Å². The van der Waals surface area contributed by atoms with Crippen LogP contribution in [0.15, 0.2) is 23.1 Å². The highest BCUT2D eigenvalue weighted by molar-refractivity contribution is 7.99. The van der Waals surface area contributed by atoms with Gasteiger partial charge in [-0.1, -0.05) is 18.9 Å². The van der Waals surface area contributed by atoms with E-state index in [4.69, 9.17) is 0 Å². The molecule has 0 aromatic heterocycles. The highest BCUT2D eigenvalue weighted by Gasteiger charge is 2.33. The molecular formula is C15H20F3NS. The van der Waals surface area contributed by atoms with E-state index in [9.17, 15) is 13.2 Å². The topological polar surface area (TPSA) is 12.0 Å². The lowest BCUT2D eigenvalue weighted by molar-refractivity contribution is -0.138. The van der Waals surface area contributed by atoms with Gasteiger partial charge in [-0.05, 0) is 43.5 Å². The maximum Gasteiger partial charge on any atom is 0.416 e. The predicted molar refractivity (Wildman–Crippen MR) is 76.9 cm³/mol. The van der Waals surface area contributed by atoms with E-state index in [0.717, 1.165) is 10.6 Å². The van der Waals surface area contributed by atoms with Gasteiger partial charge in [0.2, 0.25) is 0 Å². The van der Waals surface area contributed by atoms with Gasteiger partial charge in [0.25, 0.3) is 0 Å². The van der Waals surface area contributed by atoms with Crippen molar-refractivity contribution in [3.63, 3.8) is 0 Å². The summed E-state index contributed by atoms with van der Waals surface area (Å²) in [7, 11) is 1.66. The third-order valence-corrected chi connectivity index (χ3v) is 4.94. The van der Waals surface area contributed by atoms with Gasteiger partial charge in [0.1, 0.15) is 0 Å². The van der Waals surface area contributed by atoms with Crippen LogP contribution in [0.1, 0.15) is 36.8 Å². The molecule has 0 unspecified atom stereocenters. The summed E-state index contributed by atoms with van der Waals surface area (Å²) in [6, 6.07) is 4.70. The van der Waals surface area contributed by atoms with Crippen LogP contribution in [0.4, 0.5) is 13.2 Å². The number of nitrogens with one attached hydrogen (secondary N) is 1. The molecule has 0 amide bonds. The average molecular weight is 303 g/mol. The zero-order chi connectivity index (χ0) is 14.6. The van der Waals surface area contributed by atoms with Gasteiger partial charge in [0.05, 0.1) is 5.56 Å². The van der Waals surface area contributed by atoms with E-state index in [1.165, 1.54) is 31.7 Å². The minimum absolute atomic E-state index is 0.239. The van der Waals surface area contributed by atoms with Gasteiger partial charge >= 0.3 is 6.18 Å². The lowest BCUT2D eigenvalue weighted by atomic mass is 10.1. The Bertz CT molecular complexity index is 439. The fourth-order valence-corrected chi connectivity index (χ4v) is 3.77. The Balaban J connectivity index is 2.09. The molecule has 1 aromatic carbocycles. The van der Waals surface area contributed by atoms with Crippen LogP contribution in [-0.2, 0) is 12.7 Å². The van der Waals surface area contributed by atoms with E-state index < -0.39 is 11.7 Å². The van der Waals surface area contributed by atoms with E-state index in [2.05, 4.69) is 5.32 Å². The Labute approximate surface area is 122 Å². The van der Waals surface area contributed by atoms with Crippen LogP contribution < -0.4 is 5.32 Å². The summed E-state index contributed by atoms with van der Waals surface area (Å²) >= 11 is 1.55. The monoisotopic (exact) mass is 303 g/mol. The summed E-state index contributed by atoms with van der Waals surface area (Å²) in [5.41, 5.74) is -0.200. The Kier molecular flexibility index (Phi) is 5.38. The third kappa shape index (κ3) is 4.16. The molecule has 0 spiro atoms. The maximum atomic E-state index is 13.1. The molecule has 0 bridgehead atoms. The summed E-state index contributed by atoms with van der Waals surface area (Å²) in [5.74, 6) is 1.61. The standard InChI is InChI=1S/C15H20F3NS/c1-19-9-12-6-7-13(8-14(12)15(16,17)18)20-10-11-4-2-3-5-11/h6-8,11,19H,2-5,9-10H2,1H3. The Hall–Kier alpha value is -0.680. The first-order valence-electron chi connectivity index (χ1n) is 6.98. The van der Waals surface area contributed by atoms with Crippen LogP contribution in [0, 0.1) is 5.92 Å². The maximum absolute atomic E-state index is 13.1. The SMILES string of the molecule is CNCc1ccc(SCC2CCCC2)cc1C(F)(F)F. The van der Waals surface area contributed by atoms with Crippen molar-refractivity contribution in [3.8, 4) is 0 Å². The van der Waals surface area contributed by atoms with Gasteiger partial charge in [-0.15, -0.1) is 11.8 Å². The number of thioether (sulfide) groups is 1. The quantitative estimate of drug-likeness (QED) is 0.791.